The van der Waals surface area contributed by atoms with Crippen LogP contribution in [0.25, 0.3) is 0 Å². The Morgan fingerprint density at radius 3 is 2.95 bits per heavy atom. The smallest absolute Gasteiger partial charge is 0.125 e. The first-order chi connectivity index (χ1) is 10.8. The molecule has 22 heavy (non-hydrogen) atoms. The van der Waals surface area contributed by atoms with E-state index in [2.05, 4.69) is 27.0 Å². The fourth-order valence-electron chi connectivity index (χ4n) is 4.14. The highest BCUT2D eigenvalue weighted by molar-refractivity contribution is 5.33. The Morgan fingerprint density at radius 2 is 2.09 bits per heavy atom. The van der Waals surface area contributed by atoms with Gasteiger partial charge in [0.15, 0.2) is 0 Å². The average molecular weight is 294 g/mol. The summed E-state index contributed by atoms with van der Waals surface area (Å²) in [6.07, 6.45) is 10.7. The summed E-state index contributed by atoms with van der Waals surface area (Å²) in [6, 6.07) is 4.24. The fourth-order valence-corrected chi connectivity index (χ4v) is 4.14. The number of rotatable bonds is 2. The van der Waals surface area contributed by atoms with E-state index in [-0.39, 0.29) is 5.41 Å². The molecule has 1 spiro atoms. The number of aryl methyl sites for hydroxylation is 2. The Balaban J connectivity index is 1.58. The highest BCUT2D eigenvalue weighted by Gasteiger charge is 2.43. The molecule has 1 atom stereocenters. The lowest BCUT2D eigenvalue weighted by molar-refractivity contribution is 0.136. The zero-order chi connectivity index (χ0) is 15.0. The molecule has 2 aromatic rings. The van der Waals surface area contributed by atoms with Crippen molar-refractivity contribution >= 4 is 0 Å². The number of nitrogens with zero attached hydrogens (tertiary/aromatic N) is 4. The lowest BCUT2D eigenvalue weighted by Gasteiger charge is -2.40. The van der Waals surface area contributed by atoms with Crippen molar-refractivity contribution in [1.82, 2.24) is 19.9 Å². The van der Waals surface area contributed by atoms with Crippen LogP contribution in [0.3, 0.4) is 0 Å². The number of aromatic nitrogens is 3. The maximum Gasteiger partial charge on any atom is 0.125 e. The standard InChI is InChI=1S/C18H22N4/c1-14-20-11-16-3-7-18(17(16)21-14)6-2-10-22(13-18)12-15-4-8-19-9-5-15/h4-5,8-9,11H,2-3,6-7,10,12-13H2,1H3. The van der Waals surface area contributed by atoms with Crippen LogP contribution < -0.4 is 0 Å². The van der Waals surface area contributed by atoms with Gasteiger partial charge >= 0.3 is 0 Å². The van der Waals surface area contributed by atoms with Crippen LogP contribution in [0.2, 0.25) is 0 Å². The Kier molecular flexibility index (Phi) is 3.41. The second kappa shape index (κ2) is 5.43. The highest BCUT2D eigenvalue weighted by atomic mass is 15.1. The molecule has 4 nitrogen and oxygen atoms in total. The van der Waals surface area contributed by atoms with Crippen LogP contribution in [-0.4, -0.2) is 32.9 Å². The van der Waals surface area contributed by atoms with Crippen molar-refractivity contribution in [3.8, 4) is 0 Å². The van der Waals surface area contributed by atoms with E-state index in [1.54, 1.807) is 0 Å². The third kappa shape index (κ3) is 2.41. The van der Waals surface area contributed by atoms with E-state index in [0.717, 1.165) is 25.3 Å². The first-order valence-corrected chi connectivity index (χ1v) is 8.19. The molecule has 114 valence electrons. The van der Waals surface area contributed by atoms with Crippen LogP contribution in [0.4, 0.5) is 0 Å². The lowest BCUT2D eigenvalue weighted by atomic mass is 9.77. The molecule has 4 heteroatoms. The zero-order valence-electron chi connectivity index (χ0n) is 13.1. The number of pyridine rings is 1. The van der Waals surface area contributed by atoms with Crippen molar-refractivity contribution in [2.75, 3.05) is 13.1 Å². The van der Waals surface area contributed by atoms with Crippen molar-refractivity contribution < 1.29 is 0 Å². The van der Waals surface area contributed by atoms with E-state index in [9.17, 15) is 0 Å². The first-order valence-electron chi connectivity index (χ1n) is 8.19. The van der Waals surface area contributed by atoms with Gasteiger partial charge in [-0.15, -0.1) is 0 Å². The zero-order valence-corrected chi connectivity index (χ0v) is 13.1. The molecule has 0 aromatic carbocycles. The molecular formula is C18H22N4. The summed E-state index contributed by atoms with van der Waals surface area (Å²) in [5.74, 6) is 0.909. The summed E-state index contributed by atoms with van der Waals surface area (Å²) in [5.41, 5.74) is 4.31. The summed E-state index contributed by atoms with van der Waals surface area (Å²) in [5, 5.41) is 0. The molecule has 0 bridgehead atoms. The van der Waals surface area contributed by atoms with E-state index >= 15 is 0 Å². The summed E-state index contributed by atoms with van der Waals surface area (Å²) in [4.78, 5) is 15.9. The van der Waals surface area contributed by atoms with Crippen LogP contribution in [-0.2, 0) is 18.4 Å². The van der Waals surface area contributed by atoms with Gasteiger partial charge < -0.3 is 0 Å². The predicted molar refractivity (Wildman–Crippen MR) is 85.5 cm³/mol. The largest absolute Gasteiger partial charge is 0.298 e. The minimum absolute atomic E-state index is 0.258. The van der Waals surface area contributed by atoms with Gasteiger partial charge in [0.05, 0.1) is 5.69 Å². The minimum Gasteiger partial charge on any atom is -0.298 e. The van der Waals surface area contributed by atoms with Crippen LogP contribution in [0.5, 0.6) is 0 Å². The Labute approximate surface area is 131 Å². The van der Waals surface area contributed by atoms with Gasteiger partial charge in [-0.2, -0.15) is 0 Å². The van der Waals surface area contributed by atoms with Crippen LogP contribution in [0, 0.1) is 6.92 Å². The van der Waals surface area contributed by atoms with Crippen molar-refractivity contribution in [2.24, 2.45) is 0 Å². The van der Waals surface area contributed by atoms with Gasteiger partial charge in [0.25, 0.3) is 0 Å². The number of fused-ring (bicyclic) bond motifs is 2. The van der Waals surface area contributed by atoms with E-state index in [4.69, 9.17) is 4.98 Å². The Hall–Kier alpha value is -1.81. The van der Waals surface area contributed by atoms with Gasteiger partial charge in [-0.3, -0.25) is 9.88 Å². The van der Waals surface area contributed by atoms with Gasteiger partial charge in [0.1, 0.15) is 5.82 Å². The van der Waals surface area contributed by atoms with E-state index in [1.165, 1.54) is 42.6 Å². The molecule has 2 aromatic heterocycles. The molecule has 1 aliphatic heterocycles. The second-order valence-electron chi connectivity index (χ2n) is 6.74. The number of hydrogen-bond acceptors (Lipinski definition) is 4. The highest BCUT2D eigenvalue weighted by Crippen LogP contribution is 2.43. The molecule has 4 rings (SSSR count). The van der Waals surface area contributed by atoms with E-state index < -0.39 is 0 Å². The number of likely N-dealkylation sites (tertiary alicyclic amines) is 1. The van der Waals surface area contributed by atoms with Gasteiger partial charge in [-0.25, -0.2) is 9.97 Å². The molecule has 0 radical (unpaired) electrons. The monoisotopic (exact) mass is 294 g/mol. The summed E-state index contributed by atoms with van der Waals surface area (Å²) < 4.78 is 0. The average Bonchev–Trinajstić information content (AvgIpc) is 2.86. The van der Waals surface area contributed by atoms with Crippen molar-refractivity contribution in [3.05, 3.63) is 53.4 Å². The van der Waals surface area contributed by atoms with Crippen molar-refractivity contribution in [2.45, 2.75) is 44.6 Å². The van der Waals surface area contributed by atoms with Gasteiger partial charge in [0, 0.05) is 37.1 Å². The van der Waals surface area contributed by atoms with Gasteiger partial charge in [-0.05, 0) is 62.4 Å². The fraction of sp³-hybridized carbons (Fsp3) is 0.500. The molecule has 0 N–H and O–H groups in total. The van der Waals surface area contributed by atoms with E-state index in [0.29, 0.717) is 0 Å². The molecule has 0 saturated carbocycles. The molecule has 1 aliphatic carbocycles. The van der Waals surface area contributed by atoms with Gasteiger partial charge in [-0.1, -0.05) is 0 Å². The molecular weight excluding hydrogens is 272 g/mol. The lowest BCUT2D eigenvalue weighted by Crippen LogP contribution is -2.45. The van der Waals surface area contributed by atoms with E-state index in [1.807, 2.05) is 25.5 Å². The second-order valence-corrected chi connectivity index (χ2v) is 6.74. The van der Waals surface area contributed by atoms with Crippen LogP contribution in [0.15, 0.2) is 30.7 Å². The Bertz CT molecular complexity index is 666. The molecule has 3 heterocycles. The molecule has 0 amide bonds. The van der Waals surface area contributed by atoms with Crippen molar-refractivity contribution in [1.29, 1.82) is 0 Å². The van der Waals surface area contributed by atoms with Gasteiger partial charge in [0.2, 0.25) is 0 Å². The quantitative estimate of drug-likeness (QED) is 0.854. The molecule has 1 saturated heterocycles. The minimum atomic E-state index is 0.258. The van der Waals surface area contributed by atoms with Crippen molar-refractivity contribution in [3.63, 3.8) is 0 Å². The Morgan fingerprint density at radius 1 is 1.23 bits per heavy atom. The molecule has 2 aliphatic rings. The summed E-state index contributed by atoms with van der Waals surface area (Å²) in [6.45, 7) is 5.33. The third-order valence-electron chi connectivity index (χ3n) is 5.17. The third-order valence-corrected chi connectivity index (χ3v) is 5.17. The number of hydrogen-bond donors (Lipinski definition) is 0. The SMILES string of the molecule is Cc1ncc2c(n1)C1(CCCN(Cc3ccncc3)C1)CC2. The normalized spacial score (nSPS) is 24.6. The molecule has 1 unspecified atom stereocenters. The predicted octanol–water partition coefficient (Wildman–Crippen LogP) is 2.66. The molecule has 1 fully saturated rings. The summed E-state index contributed by atoms with van der Waals surface area (Å²) >= 11 is 0. The topological polar surface area (TPSA) is 41.9 Å². The summed E-state index contributed by atoms with van der Waals surface area (Å²) in [7, 11) is 0. The maximum absolute atomic E-state index is 4.82. The van der Waals surface area contributed by atoms with Crippen LogP contribution in [0.1, 0.15) is 41.9 Å². The first kappa shape index (κ1) is 13.8. The maximum atomic E-state index is 4.82. The number of piperidine rings is 1. The van der Waals surface area contributed by atoms with Crippen LogP contribution >= 0.6 is 0 Å².